The number of likely N-dealkylation sites (tertiary alicyclic amines) is 1. The number of carbonyl (C=O) groups excluding carboxylic acids is 1. The molecule has 5 nitrogen and oxygen atoms in total. The van der Waals surface area contributed by atoms with Crippen molar-refractivity contribution in [2.24, 2.45) is 0 Å². The standard InChI is InChI=1S/C28H31ClFN3O2/c29-24-8-5-22(6-9-24)23-7-10-26(31-20-23)18-28(34)32-19-21-15-25(30)17-27(16-21)35-14-4-13-33-11-2-1-3-12-33/h5-10,15-17,20H,1-4,11-14,18-19H2,(H,32,34). The summed E-state index contributed by atoms with van der Waals surface area (Å²) in [5, 5.41) is 3.52. The van der Waals surface area contributed by atoms with Crippen molar-refractivity contribution < 1.29 is 13.9 Å². The number of piperidine rings is 1. The molecule has 0 aliphatic carbocycles. The maximum absolute atomic E-state index is 14.1. The van der Waals surface area contributed by atoms with E-state index in [4.69, 9.17) is 16.3 Å². The maximum atomic E-state index is 14.1. The summed E-state index contributed by atoms with van der Waals surface area (Å²) in [6, 6.07) is 15.9. The molecule has 4 rings (SSSR count). The number of benzene rings is 2. The van der Waals surface area contributed by atoms with E-state index < -0.39 is 0 Å². The predicted octanol–water partition coefficient (Wildman–Crippen LogP) is 5.65. The summed E-state index contributed by atoms with van der Waals surface area (Å²) in [6.45, 7) is 4.09. The maximum Gasteiger partial charge on any atom is 0.226 e. The average Bonchev–Trinajstić information content (AvgIpc) is 2.87. The van der Waals surface area contributed by atoms with Gasteiger partial charge in [0.1, 0.15) is 11.6 Å². The Morgan fingerprint density at radius 2 is 1.80 bits per heavy atom. The van der Waals surface area contributed by atoms with Gasteiger partial charge < -0.3 is 15.0 Å². The van der Waals surface area contributed by atoms with Crippen molar-refractivity contribution in [2.45, 2.75) is 38.6 Å². The Labute approximate surface area is 211 Å². The Balaban J connectivity index is 1.23. The van der Waals surface area contributed by atoms with Gasteiger partial charge in [0.25, 0.3) is 0 Å². The van der Waals surface area contributed by atoms with Crippen LogP contribution in [0.15, 0.2) is 60.8 Å². The van der Waals surface area contributed by atoms with E-state index in [0.29, 0.717) is 28.6 Å². The highest BCUT2D eigenvalue weighted by molar-refractivity contribution is 6.30. The van der Waals surface area contributed by atoms with Crippen LogP contribution in [-0.2, 0) is 17.8 Å². The molecule has 0 spiro atoms. The fraction of sp³-hybridized carbons (Fsp3) is 0.357. The molecule has 0 atom stereocenters. The van der Waals surface area contributed by atoms with Crippen LogP contribution in [0.25, 0.3) is 11.1 Å². The van der Waals surface area contributed by atoms with Crippen molar-refractivity contribution in [2.75, 3.05) is 26.2 Å². The van der Waals surface area contributed by atoms with Gasteiger partial charge >= 0.3 is 0 Å². The van der Waals surface area contributed by atoms with Gasteiger partial charge in [-0.25, -0.2) is 4.39 Å². The highest BCUT2D eigenvalue weighted by atomic mass is 35.5. The number of hydrogen-bond acceptors (Lipinski definition) is 4. The van der Waals surface area contributed by atoms with Crippen LogP contribution >= 0.6 is 11.6 Å². The third-order valence-corrected chi connectivity index (χ3v) is 6.35. The van der Waals surface area contributed by atoms with Gasteiger partial charge in [0.2, 0.25) is 5.91 Å². The highest BCUT2D eigenvalue weighted by Crippen LogP contribution is 2.21. The first-order chi connectivity index (χ1) is 17.0. The molecule has 1 aromatic heterocycles. The Kier molecular flexibility index (Phi) is 9.09. The number of amides is 1. The molecule has 1 N–H and O–H groups in total. The van der Waals surface area contributed by atoms with Gasteiger partial charge in [-0.05, 0) is 73.8 Å². The lowest BCUT2D eigenvalue weighted by Crippen LogP contribution is -2.31. The number of hydrogen-bond donors (Lipinski definition) is 1. The molecule has 1 fully saturated rings. The van der Waals surface area contributed by atoms with Crippen molar-refractivity contribution in [3.05, 3.63) is 82.9 Å². The average molecular weight is 496 g/mol. The van der Waals surface area contributed by atoms with Crippen LogP contribution in [0.5, 0.6) is 5.75 Å². The van der Waals surface area contributed by atoms with Crippen molar-refractivity contribution >= 4 is 17.5 Å². The molecule has 0 unspecified atom stereocenters. The molecule has 2 aromatic carbocycles. The number of nitrogens with one attached hydrogen (secondary N) is 1. The lowest BCUT2D eigenvalue weighted by Gasteiger charge is -2.26. The Bertz CT molecular complexity index is 1100. The number of pyridine rings is 1. The van der Waals surface area contributed by atoms with E-state index in [9.17, 15) is 9.18 Å². The predicted molar refractivity (Wildman–Crippen MR) is 137 cm³/mol. The number of rotatable bonds is 10. The summed E-state index contributed by atoms with van der Waals surface area (Å²) in [5.41, 5.74) is 3.29. The highest BCUT2D eigenvalue weighted by Gasteiger charge is 2.10. The number of ether oxygens (including phenoxy) is 1. The molecule has 0 saturated carbocycles. The van der Waals surface area contributed by atoms with E-state index in [-0.39, 0.29) is 24.7 Å². The van der Waals surface area contributed by atoms with Crippen molar-refractivity contribution in [1.82, 2.24) is 15.2 Å². The largest absolute Gasteiger partial charge is 0.493 e. The molecule has 7 heteroatoms. The summed E-state index contributed by atoms with van der Waals surface area (Å²) in [6.07, 6.45) is 6.66. The number of aromatic nitrogens is 1. The molecule has 1 amide bonds. The minimum Gasteiger partial charge on any atom is -0.493 e. The van der Waals surface area contributed by atoms with E-state index in [1.54, 1.807) is 12.3 Å². The molecule has 1 aliphatic heterocycles. The van der Waals surface area contributed by atoms with E-state index in [1.807, 2.05) is 36.4 Å². The fourth-order valence-electron chi connectivity index (χ4n) is 4.24. The summed E-state index contributed by atoms with van der Waals surface area (Å²) < 4.78 is 19.9. The molecular formula is C28H31ClFN3O2. The molecule has 2 heterocycles. The van der Waals surface area contributed by atoms with Gasteiger partial charge in [-0.1, -0.05) is 36.2 Å². The zero-order chi connectivity index (χ0) is 24.5. The first-order valence-corrected chi connectivity index (χ1v) is 12.6. The second kappa shape index (κ2) is 12.7. The van der Waals surface area contributed by atoms with Gasteiger partial charge in [0.15, 0.2) is 0 Å². The molecule has 184 valence electrons. The van der Waals surface area contributed by atoms with Crippen LogP contribution < -0.4 is 10.1 Å². The Morgan fingerprint density at radius 1 is 1.03 bits per heavy atom. The van der Waals surface area contributed by atoms with Crippen LogP contribution in [0.3, 0.4) is 0 Å². The third kappa shape index (κ3) is 8.05. The first kappa shape index (κ1) is 25.1. The quantitative estimate of drug-likeness (QED) is 0.369. The Hall–Kier alpha value is -2.96. The van der Waals surface area contributed by atoms with E-state index >= 15 is 0 Å². The van der Waals surface area contributed by atoms with Crippen LogP contribution in [0, 0.1) is 5.82 Å². The van der Waals surface area contributed by atoms with Crippen molar-refractivity contribution in [3.63, 3.8) is 0 Å². The van der Waals surface area contributed by atoms with E-state index in [0.717, 1.165) is 37.2 Å². The lowest BCUT2D eigenvalue weighted by atomic mass is 10.1. The SMILES string of the molecule is O=C(Cc1ccc(-c2ccc(Cl)cc2)cn1)NCc1cc(F)cc(OCCCN2CCCCC2)c1. The fourth-order valence-corrected chi connectivity index (χ4v) is 4.36. The van der Waals surface area contributed by atoms with E-state index in [1.165, 1.54) is 31.4 Å². The van der Waals surface area contributed by atoms with Crippen molar-refractivity contribution in [3.8, 4) is 16.9 Å². The second-order valence-electron chi connectivity index (χ2n) is 8.90. The summed E-state index contributed by atoms with van der Waals surface area (Å²) in [4.78, 5) is 19.3. The molecule has 1 aliphatic rings. The smallest absolute Gasteiger partial charge is 0.226 e. The van der Waals surface area contributed by atoms with Gasteiger partial charge in [0, 0.05) is 41.6 Å². The van der Waals surface area contributed by atoms with Gasteiger partial charge in [0.05, 0.1) is 13.0 Å². The minimum absolute atomic E-state index is 0.149. The van der Waals surface area contributed by atoms with Crippen molar-refractivity contribution in [1.29, 1.82) is 0 Å². The van der Waals surface area contributed by atoms with Gasteiger partial charge in [-0.2, -0.15) is 0 Å². The van der Waals surface area contributed by atoms with Crippen LogP contribution in [-0.4, -0.2) is 42.0 Å². The monoisotopic (exact) mass is 495 g/mol. The minimum atomic E-state index is -0.373. The topological polar surface area (TPSA) is 54.5 Å². The van der Waals surface area contributed by atoms with E-state index in [2.05, 4.69) is 15.2 Å². The van der Waals surface area contributed by atoms with Gasteiger partial charge in [-0.3, -0.25) is 9.78 Å². The number of halogens is 2. The third-order valence-electron chi connectivity index (χ3n) is 6.10. The molecule has 3 aromatic rings. The zero-order valence-corrected chi connectivity index (χ0v) is 20.6. The molecular weight excluding hydrogens is 465 g/mol. The molecule has 0 bridgehead atoms. The summed E-state index contributed by atoms with van der Waals surface area (Å²) in [7, 11) is 0. The van der Waals surface area contributed by atoms with Crippen LogP contribution in [0.2, 0.25) is 5.02 Å². The van der Waals surface area contributed by atoms with Crippen LogP contribution in [0.1, 0.15) is 36.9 Å². The Morgan fingerprint density at radius 3 is 2.54 bits per heavy atom. The summed E-state index contributed by atoms with van der Waals surface area (Å²) in [5.74, 6) is -0.0559. The summed E-state index contributed by atoms with van der Waals surface area (Å²) >= 11 is 5.94. The lowest BCUT2D eigenvalue weighted by molar-refractivity contribution is -0.120. The number of carbonyl (C=O) groups is 1. The first-order valence-electron chi connectivity index (χ1n) is 12.2. The number of nitrogens with zero attached hydrogens (tertiary/aromatic N) is 2. The molecule has 35 heavy (non-hydrogen) atoms. The molecule has 0 radical (unpaired) electrons. The normalized spacial score (nSPS) is 14.0. The van der Waals surface area contributed by atoms with Crippen LogP contribution in [0.4, 0.5) is 4.39 Å². The second-order valence-corrected chi connectivity index (χ2v) is 9.33. The zero-order valence-electron chi connectivity index (χ0n) is 19.8. The van der Waals surface area contributed by atoms with Gasteiger partial charge in [-0.15, -0.1) is 0 Å². The molecule has 1 saturated heterocycles.